The van der Waals surface area contributed by atoms with Crippen LogP contribution in [-0.2, 0) is 9.53 Å². The Labute approximate surface area is 161 Å². The Morgan fingerprint density at radius 2 is 1.92 bits per heavy atom. The molecule has 2 fully saturated rings. The van der Waals surface area contributed by atoms with Crippen LogP contribution in [0.1, 0.15) is 5.76 Å². The lowest BCUT2D eigenvalue weighted by atomic mass is 10.2. The van der Waals surface area contributed by atoms with Crippen molar-refractivity contribution >= 4 is 40.3 Å². The largest absolute Gasteiger partial charge is 0.457 e. The van der Waals surface area contributed by atoms with Crippen molar-refractivity contribution in [1.29, 1.82) is 0 Å². The third kappa shape index (κ3) is 3.76. The standard InChI is InChI=1S/C19H18N2O3S2/c22-18-17(26-19(25)21(18)13-20-8-10-23-11-9-20)12-15-6-7-16(24-15)14-4-2-1-3-5-14/h1-7,12H,8-11,13H2/p+1/b17-12-. The first-order valence-electron chi connectivity index (χ1n) is 8.52. The van der Waals surface area contributed by atoms with Crippen LogP contribution in [0.5, 0.6) is 0 Å². The molecule has 1 aromatic carbocycles. The smallest absolute Gasteiger partial charge is 0.270 e. The molecule has 7 heteroatoms. The van der Waals surface area contributed by atoms with E-state index in [2.05, 4.69) is 0 Å². The zero-order valence-corrected chi connectivity index (χ0v) is 15.8. The molecule has 0 saturated carbocycles. The van der Waals surface area contributed by atoms with Crippen LogP contribution in [0.25, 0.3) is 17.4 Å². The van der Waals surface area contributed by atoms with Crippen LogP contribution in [0.4, 0.5) is 0 Å². The fourth-order valence-corrected chi connectivity index (χ4v) is 4.23. The Morgan fingerprint density at radius 3 is 2.69 bits per heavy atom. The Hall–Kier alpha value is -1.93. The molecule has 1 aromatic heterocycles. The molecule has 2 saturated heterocycles. The van der Waals surface area contributed by atoms with Crippen molar-refractivity contribution in [2.45, 2.75) is 0 Å². The van der Waals surface area contributed by atoms with Crippen LogP contribution >= 0.6 is 24.0 Å². The molecule has 26 heavy (non-hydrogen) atoms. The first-order chi connectivity index (χ1) is 12.7. The Morgan fingerprint density at radius 1 is 1.15 bits per heavy atom. The number of amides is 1. The third-order valence-electron chi connectivity index (χ3n) is 4.41. The molecule has 3 heterocycles. The summed E-state index contributed by atoms with van der Waals surface area (Å²) in [6.45, 7) is 3.85. The highest BCUT2D eigenvalue weighted by molar-refractivity contribution is 8.26. The van der Waals surface area contributed by atoms with Gasteiger partial charge in [-0.2, -0.15) is 0 Å². The SMILES string of the molecule is O=C1/C(=C/c2ccc(-c3ccccc3)o2)SC(=S)N1C[NH+]1CCOCC1. The predicted octanol–water partition coefficient (Wildman–Crippen LogP) is 2.02. The highest BCUT2D eigenvalue weighted by Crippen LogP contribution is 2.33. The minimum atomic E-state index is -0.0448. The fourth-order valence-electron chi connectivity index (χ4n) is 3.00. The molecule has 0 spiro atoms. The number of ether oxygens (including phenoxy) is 1. The van der Waals surface area contributed by atoms with Gasteiger partial charge in [-0.05, 0) is 12.1 Å². The van der Waals surface area contributed by atoms with E-state index in [1.165, 1.54) is 16.7 Å². The summed E-state index contributed by atoms with van der Waals surface area (Å²) >= 11 is 6.75. The number of quaternary nitrogens is 1. The quantitative estimate of drug-likeness (QED) is 0.643. The van der Waals surface area contributed by atoms with E-state index < -0.39 is 0 Å². The maximum absolute atomic E-state index is 12.7. The molecule has 5 nitrogen and oxygen atoms in total. The van der Waals surface area contributed by atoms with E-state index in [0.29, 0.717) is 21.7 Å². The molecular formula is C19H19N2O3S2+. The summed E-state index contributed by atoms with van der Waals surface area (Å²) in [6.07, 6.45) is 1.78. The molecule has 2 aliphatic rings. The second kappa shape index (κ2) is 7.75. The minimum absolute atomic E-state index is 0.0448. The summed E-state index contributed by atoms with van der Waals surface area (Å²) < 4.78 is 11.9. The lowest BCUT2D eigenvalue weighted by Gasteiger charge is -2.27. The highest BCUT2D eigenvalue weighted by Gasteiger charge is 2.35. The zero-order chi connectivity index (χ0) is 17.9. The highest BCUT2D eigenvalue weighted by atomic mass is 32.2. The number of carbonyl (C=O) groups excluding carboxylic acids is 1. The number of nitrogens with one attached hydrogen (secondary N) is 1. The minimum Gasteiger partial charge on any atom is -0.457 e. The van der Waals surface area contributed by atoms with Crippen LogP contribution in [0.3, 0.4) is 0 Å². The topological polar surface area (TPSA) is 47.1 Å². The van der Waals surface area contributed by atoms with E-state index >= 15 is 0 Å². The number of benzene rings is 1. The molecule has 0 bridgehead atoms. The van der Waals surface area contributed by atoms with Crippen LogP contribution in [0.2, 0.25) is 0 Å². The summed E-state index contributed by atoms with van der Waals surface area (Å²) in [5.74, 6) is 1.39. The van der Waals surface area contributed by atoms with Gasteiger partial charge in [0.1, 0.15) is 24.6 Å². The van der Waals surface area contributed by atoms with Gasteiger partial charge in [0.15, 0.2) is 11.0 Å². The van der Waals surface area contributed by atoms with E-state index in [4.69, 9.17) is 21.4 Å². The summed E-state index contributed by atoms with van der Waals surface area (Å²) in [6, 6.07) is 13.7. The van der Waals surface area contributed by atoms with Gasteiger partial charge in [0, 0.05) is 11.6 Å². The van der Waals surface area contributed by atoms with Gasteiger partial charge in [-0.15, -0.1) is 0 Å². The normalized spacial score (nSPS) is 20.3. The van der Waals surface area contributed by atoms with Gasteiger partial charge in [-0.1, -0.05) is 54.3 Å². The van der Waals surface area contributed by atoms with Gasteiger partial charge in [0.25, 0.3) is 5.91 Å². The number of hydrogen-bond donors (Lipinski definition) is 1. The van der Waals surface area contributed by atoms with Crippen LogP contribution in [-0.4, -0.2) is 48.1 Å². The summed E-state index contributed by atoms with van der Waals surface area (Å²) in [7, 11) is 0. The van der Waals surface area contributed by atoms with Crippen molar-refractivity contribution in [2.75, 3.05) is 33.0 Å². The average molecular weight is 388 g/mol. The molecule has 0 aliphatic carbocycles. The molecule has 4 rings (SSSR count). The molecule has 1 amide bonds. The Balaban J connectivity index is 1.48. The van der Waals surface area contributed by atoms with Gasteiger partial charge >= 0.3 is 0 Å². The molecule has 0 unspecified atom stereocenters. The molecule has 1 N–H and O–H groups in total. The van der Waals surface area contributed by atoms with Crippen LogP contribution in [0.15, 0.2) is 51.8 Å². The molecular weight excluding hydrogens is 368 g/mol. The maximum atomic E-state index is 12.7. The molecule has 0 atom stereocenters. The zero-order valence-electron chi connectivity index (χ0n) is 14.1. The van der Waals surface area contributed by atoms with Gasteiger partial charge < -0.3 is 14.1 Å². The van der Waals surface area contributed by atoms with Crippen molar-refractivity contribution in [3.8, 4) is 11.3 Å². The molecule has 0 radical (unpaired) electrons. The van der Waals surface area contributed by atoms with Crippen LogP contribution in [0, 0.1) is 0 Å². The number of hydrogen-bond acceptors (Lipinski definition) is 5. The third-order valence-corrected chi connectivity index (χ3v) is 5.79. The summed E-state index contributed by atoms with van der Waals surface area (Å²) in [5.41, 5.74) is 1.01. The van der Waals surface area contributed by atoms with E-state index in [1.54, 1.807) is 11.0 Å². The second-order valence-corrected chi connectivity index (χ2v) is 7.87. The number of morpholine rings is 1. The van der Waals surface area contributed by atoms with E-state index in [9.17, 15) is 4.79 Å². The number of nitrogens with zero attached hydrogens (tertiary/aromatic N) is 1. The van der Waals surface area contributed by atoms with E-state index in [1.807, 2.05) is 42.5 Å². The van der Waals surface area contributed by atoms with Gasteiger partial charge in [0.2, 0.25) is 0 Å². The molecule has 134 valence electrons. The average Bonchev–Trinajstić information content (AvgIpc) is 3.24. The van der Waals surface area contributed by atoms with Gasteiger partial charge in [0.05, 0.1) is 18.1 Å². The lowest BCUT2D eigenvalue weighted by Crippen LogP contribution is -3.15. The van der Waals surface area contributed by atoms with E-state index in [0.717, 1.165) is 37.6 Å². The monoisotopic (exact) mass is 387 g/mol. The summed E-state index contributed by atoms with van der Waals surface area (Å²) in [5, 5.41) is 0. The van der Waals surface area contributed by atoms with Gasteiger partial charge in [-0.3, -0.25) is 4.79 Å². The second-order valence-electron chi connectivity index (χ2n) is 6.20. The summed E-state index contributed by atoms with van der Waals surface area (Å²) in [4.78, 5) is 16.3. The van der Waals surface area contributed by atoms with Crippen molar-refractivity contribution in [2.24, 2.45) is 0 Å². The van der Waals surface area contributed by atoms with Crippen molar-refractivity contribution in [1.82, 2.24) is 4.90 Å². The molecule has 2 aromatic rings. The number of thiocarbonyl (C=S) groups is 1. The Kier molecular flexibility index (Phi) is 5.21. The van der Waals surface area contributed by atoms with Crippen LogP contribution < -0.4 is 4.90 Å². The Bertz CT molecular complexity index is 841. The first-order valence-corrected chi connectivity index (χ1v) is 9.75. The first kappa shape index (κ1) is 17.5. The number of furan rings is 1. The predicted molar refractivity (Wildman–Crippen MR) is 106 cm³/mol. The van der Waals surface area contributed by atoms with Crippen molar-refractivity contribution in [3.05, 3.63) is 53.1 Å². The lowest BCUT2D eigenvalue weighted by molar-refractivity contribution is -0.914. The van der Waals surface area contributed by atoms with Crippen molar-refractivity contribution < 1.29 is 18.8 Å². The number of thioether (sulfide) groups is 1. The van der Waals surface area contributed by atoms with E-state index in [-0.39, 0.29) is 5.91 Å². The number of carbonyl (C=O) groups is 1. The fraction of sp³-hybridized carbons (Fsp3) is 0.263. The van der Waals surface area contributed by atoms with Gasteiger partial charge in [-0.25, -0.2) is 4.90 Å². The number of rotatable bonds is 4. The van der Waals surface area contributed by atoms with Crippen molar-refractivity contribution in [3.63, 3.8) is 0 Å². The molecule has 2 aliphatic heterocycles. The maximum Gasteiger partial charge on any atom is 0.270 e.